The number of nitrogens with one attached hydrogen (secondary N) is 2. The number of hydrogen-bond acceptors (Lipinski definition) is 9. The Bertz CT molecular complexity index is 1610. The summed E-state index contributed by atoms with van der Waals surface area (Å²) >= 11 is 0. The third-order valence-electron chi connectivity index (χ3n) is 9.44. The summed E-state index contributed by atoms with van der Waals surface area (Å²) in [5.74, 6) is 1.29. The largest absolute Gasteiger partial charge is 0.495 e. The molecule has 45 heavy (non-hydrogen) atoms. The summed E-state index contributed by atoms with van der Waals surface area (Å²) in [5.41, 5.74) is 3.32. The maximum atomic E-state index is 14.4. The molecular weight excluding hydrogens is 580 g/mol. The second kappa shape index (κ2) is 12.8. The zero-order chi connectivity index (χ0) is 30.8. The topological polar surface area (TPSA) is 98.6 Å². The van der Waals surface area contributed by atoms with Gasteiger partial charge in [0.1, 0.15) is 29.1 Å². The first kappa shape index (κ1) is 29.7. The molecule has 7 rings (SSSR count). The predicted molar refractivity (Wildman–Crippen MR) is 169 cm³/mol. The van der Waals surface area contributed by atoms with E-state index < -0.39 is 12.7 Å². The number of rotatable bonds is 8. The molecule has 3 aliphatic heterocycles. The van der Waals surface area contributed by atoms with E-state index >= 15 is 0 Å². The van der Waals surface area contributed by atoms with Crippen LogP contribution in [-0.2, 0) is 9.47 Å². The number of imidazole rings is 1. The number of halogens is 2. The van der Waals surface area contributed by atoms with Gasteiger partial charge in [-0.25, -0.2) is 23.7 Å². The van der Waals surface area contributed by atoms with E-state index in [1.807, 2.05) is 36.5 Å². The Morgan fingerprint density at radius 1 is 0.933 bits per heavy atom. The minimum absolute atomic E-state index is 0.312. The number of hydrogen-bond donors (Lipinski definition) is 2. The first-order valence-electron chi connectivity index (χ1n) is 15.8. The van der Waals surface area contributed by atoms with Crippen molar-refractivity contribution in [2.24, 2.45) is 5.41 Å². The zero-order valence-corrected chi connectivity index (χ0v) is 25.5. The molecule has 3 aliphatic rings. The molecule has 3 aromatic heterocycles. The fourth-order valence-corrected chi connectivity index (χ4v) is 6.82. The Balaban J connectivity index is 1.19. The number of nitrogens with zero attached hydrogens (tertiary/aromatic N) is 5. The summed E-state index contributed by atoms with van der Waals surface area (Å²) in [4.78, 5) is 16.3. The van der Waals surface area contributed by atoms with Crippen LogP contribution in [0.25, 0.3) is 11.2 Å². The van der Waals surface area contributed by atoms with Gasteiger partial charge in [0.15, 0.2) is 11.5 Å². The normalized spacial score (nSPS) is 20.1. The number of anilines is 5. The van der Waals surface area contributed by atoms with Gasteiger partial charge in [0.2, 0.25) is 0 Å². The molecule has 0 amide bonds. The number of pyridine rings is 2. The maximum absolute atomic E-state index is 14.4. The number of ether oxygens (including phenoxy) is 3. The van der Waals surface area contributed by atoms with Crippen molar-refractivity contribution in [1.82, 2.24) is 19.5 Å². The fourth-order valence-electron chi connectivity index (χ4n) is 6.82. The van der Waals surface area contributed by atoms with Crippen LogP contribution in [0.2, 0.25) is 0 Å². The van der Waals surface area contributed by atoms with Crippen molar-refractivity contribution in [3.63, 3.8) is 0 Å². The summed E-state index contributed by atoms with van der Waals surface area (Å²) in [6.07, 6.45) is 5.52. The average Bonchev–Trinajstić information content (AvgIpc) is 3.47. The highest BCUT2D eigenvalue weighted by Crippen LogP contribution is 2.42. The molecule has 0 radical (unpaired) electrons. The van der Waals surface area contributed by atoms with E-state index in [1.165, 1.54) is 17.4 Å². The van der Waals surface area contributed by atoms with E-state index in [1.54, 1.807) is 13.2 Å². The lowest BCUT2D eigenvalue weighted by Gasteiger charge is -2.44. The zero-order valence-electron chi connectivity index (χ0n) is 25.5. The lowest BCUT2D eigenvalue weighted by Crippen LogP contribution is -2.43. The van der Waals surface area contributed by atoms with Gasteiger partial charge in [-0.05, 0) is 74.6 Å². The van der Waals surface area contributed by atoms with Crippen LogP contribution in [0.5, 0.6) is 5.75 Å². The summed E-state index contributed by atoms with van der Waals surface area (Å²) in [6.45, 7) is 4.25. The maximum Gasteiger partial charge on any atom is 0.295 e. The molecule has 2 N–H and O–H groups in total. The van der Waals surface area contributed by atoms with Crippen LogP contribution >= 0.6 is 0 Å². The van der Waals surface area contributed by atoms with E-state index in [-0.39, 0.29) is 5.82 Å². The van der Waals surface area contributed by atoms with Crippen molar-refractivity contribution < 1.29 is 23.0 Å². The molecule has 1 unspecified atom stereocenters. The number of para-hydroxylation sites is 2. The molecule has 0 bridgehead atoms. The highest BCUT2D eigenvalue weighted by molar-refractivity contribution is 5.91. The molecular formula is C33H39F2N7O3. The Morgan fingerprint density at radius 2 is 1.76 bits per heavy atom. The predicted octanol–water partition coefficient (Wildman–Crippen LogP) is 7.36. The molecule has 4 aromatic rings. The highest BCUT2D eigenvalue weighted by atomic mass is 19.3. The molecule has 1 aromatic carbocycles. The molecule has 1 spiro atoms. The molecule has 6 heterocycles. The standard InChI is InChI=1S/C33H39F2N7O3/c1-43-25-7-3-2-6-23(25)37-24-20-27(39-31-29(24)40-32(30(34)35)42(31)28-8-4-5-17-45-28)38-26-10-9-22(21-36-26)41-15-11-33(12-16-41)13-18-44-19-14-33/h2-3,6-7,9-10,20-21,28,30H,4-5,8,11-19H2,1H3,(H2,36,37,38,39). The molecule has 0 saturated carbocycles. The van der Waals surface area contributed by atoms with Gasteiger partial charge in [0.05, 0.1) is 30.4 Å². The molecule has 0 aliphatic carbocycles. The molecule has 3 fully saturated rings. The minimum Gasteiger partial charge on any atom is -0.495 e. The number of aromatic nitrogens is 4. The average molecular weight is 620 g/mol. The van der Waals surface area contributed by atoms with Crippen LogP contribution in [0.3, 0.4) is 0 Å². The van der Waals surface area contributed by atoms with Crippen LogP contribution in [0.15, 0.2) is 48.7 Å². The van der Waals surface area contributed by atoms with Crippen molar-refractivity contribution in [2.75, 3.05) is 55.6 Å². The summed E-state index contributed by atoms with van der Waals surface area (Å²) in [7, 11) is 1.59. The lowest BCUT2D eigenvalue weighted by atomic mass is 9.72. The van der Waals surface area contributed by atoms with Crippen LogP contribution in [0.1, 0.15) is 63.4 Å². The van der Waals surface area contributed by atoms with Gasteiger partial charge >= 0.3 is 0 Å². The van der Waals surface area contributed by atoms with Gasteiger partial charge in [0, 0.05) is 39.0 Å². The first-order chi connectivity index (χ1) is 22.0. The van der Waals surface area contributed by atoms with Crippen LogP contribution in [-0.4, -0.2) is 59.5 Å². The quantitative estimate of drug-likeness (QED) is 0.210. The summed E-state index contributed by atoms with van der Waals surface area (Å²) in [5, 5.41) is 6.65. The third kappa shape index (κ3) is 6.13. The minimum atomic E-state index is -2.80. The number of piperidine rings is 1. The van der Waals surface area contributed by atoms with Crippen molar-refractivity contribution in [1.29, 1.82) is 0 Å². The Morgan fingerprint density at radius 3 is 2.47 bits per heavy atom. The van der Waals surface area contributed by atoms with E-state index in [0.717, 1.165) is 57.7 Å². The SMILES string of the molecule is COc1ccccc1Nc1cc(Nc2ccc(N3CCC4(CCOCC4)CC3)cn2)nc2c1nc(C(F)F)n2C1CCCCO1. The van der Waals surface area contributed by atoms with Crippen LogP contribution in [0, 0.1) is 5.41 Å². The van der Waals surface area contributed by atoms with Crippen molar-refractivity contribution in [3.8, 4) is 5.75 Å². The third-order valence-corrected chi connectivity index (χ3v) is 9.44. The summed E-state index contributed by atoms with van der Waals surface area (Å²) in [6, 6.07) is 13.2. The van der Waals surface area contributed by atoms with Crippen LogP contribution < -0.4 is 20.3 Å². The van der Waals surface area contributed by atoms with Gasteiger partial charge in [-0.2, -0.15) is 0 Å². The van der Waals surface area contributed by atoms with E-state index in [4.69, 9.17) is 24.2 Å². The Labute approximate surface area is 261 Å². The second-order valence-corrected chi connectivity index (χ2v) is 12.1. The van der Waals surface area contributed by atoms with Gasteiger partial charge < -0.3 is 29.7 Å². The molecule has 3 saturated heterocycles. The van der Waals surface area contributed by atoms with Gasteiger partial charge in [-0.15, -0.1) is 0 Å². The number of alkyl halides is 2. The van der Waals surface area contributed by atoms with Gasteiger partial charge in [-0.3, -0.25) is 4.57 Å². The molecule has 238 valence electrons. The van der Waals surface area contributed by atoms with E-state index in [9.17, 15) is 8.78 Å². The van der Waals surface area contributed by atoms with Crippen molar-refractivity contribution in [3.05, 3.63) is 54.5 Å². The highest BCUT2D eigenvalue weighted by Gasteiger charge is 2.36. The Kier molecular flexibility index (Phi) is 8.41. The Hall–Kier alpha value is -4.03. The molecule has 1 atom stereocenters. The lowest BCUT2D eigenvalue weighted by molar-refractivity contribution is -0.0363. The number of fused-ring (bicyclic) bond motifs is 1. The van der Waals surface area contributed by atoms with Gasteiger partial charge in [-0.1, -0.05) is 12.1 Å². The van der Waals surface area contributed by atoms with E-state index in [0.29, 0.717) is 58.4 Å². The molecule has 12 heteroatoms. The first-order valence-corrected chi connectivity index (χ1v) is 15.8. The smallest absolute Gasteiger partial charge is 0.295 e. The number of methoxy groups -OCH3 is 1. The summed E-state index contributed by atoms with van der Waals surface area (Å²) < 4.78 is 47.3. The van der Waals surface area contributed by atoms with Crippen molar-refractivity contribution >= 4 is 39.9 Å². The number of benzene rings is 1. The fraction of sp³-hybridized carbons (Fsp3) is 0.485. The second-order valence-electron chi connectivity index (χ2n) is 12.1. The monoisotopic (exact) mass is 619 g/mol. The van der Waals surface area contributed by atoms with E-state index in [2.05, 4.69) is 26.6 Å². The van der Waals surface area contributed by atoms with Gasteiger partial charge in [0.25, 0.3) is 6.43 Å². The molecule has 10 nitrogen and oxygen atoms in total. The van der Waals surface area contributed by atoms with Crippen LogP contribution in [0.4, 0.5) is 37.5 Å². The van der Waals surface area contributed by atoms with Crippen molar-refractivity contribution in [2.45, 2.75) is 57.6 Å².